The molecule has 17 heavy (non-hydrogen) atoms. The van der Waals surface area contributed by atoms with E-state index in [2.05, 4.69) is 11.3 Å². The summed E-state index contributed by atoms with van der Waals surface area (Å²) in [6, 6.07) is 2.97. The van der Waals surface area contributed by atoms with Crippen LogP contribution in [-0.2, 0) is 10.0 Å². The molecule has 0 saturated heterocycles. The maximum atomic E-state index is 13.2. The Hall–Kier alpha value is -1.89. The van der Waals surface area contributed by atoms with Crippen molar-refractivity contribution in [1.29, 1.82) is 0 Å². The van der Waals surface area contributed by atoms with Crippen LogP contribution in [0.15, 0.2) is 30.9 Å². The molecule has 0 bridgehead atoms. The lowest BCUT2D eigenvalue weighted by Crippen LogP contribution is -2.15. The molecule has 7 heteroatoms. The second-order valence-corrected chi connectivity index (χ2v) is 4.94. The van der Waals surface area contributed by atoms with Gasteiger partial charge in [0.1, 0.15) is 5.82 Å². The highest BCUT2D eigenvalue weighted by atomic mass is 32.2. The van der Waals surface area contributed by atoms with Crippen molar-refractivity contribution in [1.82, 2.24) is 0 Å². The normalized spacial score (nSPS) is 10.9. The predicted molar refractivity (Wildman–Crippen MR) is 61.0 cm³/mol. The first-order valence-electron chi connectivity index (χ1n) is 4.50. The average Bonchev–Trinajstić information content (AvgIpc) is 2.15. The third kappa shape index (κ3) is 3.56. The molecule has 0 aliphatic heterocycles. The van der Waals surface area contributed by atoms with Crippen molar-refractivity contribution in [2.75, 3.05) is 10.5 Å². The minimum atomic E-state index is -3.62. The minimum absolute atomic E-state index is 0.0330. The van der Waals surface area contributed by atoms with E-state index in [1.54, 1.807) is 0 Å². The number of benzene rings is 1. The number of carboxylic acid groups (broad SMARTS) is 1. The molecule has 0 saturated carbocycles. The Bertz CT molecular complexity index is 553. The Labute approximate surface area is 97.6 Å². The fourth-order valence-corrected chi connectivity index (χ4v) is 2.01. The molecule has 0 heterocycles. The Kier molecular flexibility index (Phi) is 3.84. The monoisotopic (exact) mass is 259 g/mol. The number of nitrogens with one attached hydrogen (secondary N) is 1. The van der Waals surface area contributed by atoms with Crippen LogP contribution in [0.25, 0.3) is 0 Å². The predicted octanol–water partition coefficient (Wildman–Crippen LogP) is 1.45. The van der Waals surface area contributed by atoms with Crippen molar-refractivity contribution in [2.24, 2.45) is 0 Å². The van der Waals surface area contributed by atoms with Gasteiger partial charge in [-0.1, -0.05) is 6.08 Å². The summed E-state index contributed by atoms with van der Waals surface area (Å²) in [6.07, 6.45) is 1.18. The van der Waals surface area contributed by atoms with Gasteiger partial charge in [-0.15, -0.1) is 6.58 Å². The van der Waals surface area contributed by atoms with E-state index in [0.29, 0.717) is 0 Å². The van der Waals surface area contributed by atoms with Crippen molar-refractivity contribution in [3.63, 3.8) is 0 Å². The van der Waals surface area contributed by atoms with Crippen molar-refractivity contribution in [3.05, 3.63) is 42.2 Å². The van der Waals surface area contributed by atoms with Crippen molar-refractivity contribution < 1.29 is 22.7 Å². The number of carboxylic acids is 1. The summed E-state index contributed by atoms with van der Waals surface area (Å²) in [5.74, 6) is -2.73. The fraction of sp³-hybridized carbons (Fsp3) is 0.100. The molecule has 2 N–H and O–H groups in total. The van der Waals surface area contributed by atoms with Crippen LogP contribution in [-0.4, -0.2) is 25.2 Å². The molecule has 0 unspecified atom stereocenters. The Morgan fingerprint density at radius 1 is 1.53 bits per heavy atom. The van der Waals surface area contributed by atoms with Crippen LogP contribution in [0.3, 0.4) is 0 Å². The summed E-state index contributed by atoms with van der Waals surface area (Å²) >= 11 is 0. The van der Waals surface area contributed by atoms with E-state index in [9.17, 15) is 17.6 Å². The molecule has 0 atom stereocenters. The number of sulfonamides is 1. The highest BCUT2D eigenvalue weighted by Crippen LogP contribution is 2.15. The number of aromatic carboxylic acids is 1. The smallest absolute Gasteiger partial charge is 0.338 e. The number of hydrogen-bond donors (Lipinski definition) is 2. The van der Waals surface area contributed by atoms with E-state index in [1.165, 1.54) is 12.1 Å². The summed E-state index contributed by atoms with van der Waals surface area (Å²) in [5.41, 5.74) is -0.550. The first-order chi connectivity index (χ1) is 7.85. The van der Waals surface area contributed by atoms with Crippen LogP contribution < -0.4 is 4.72 Å². The minimum Gasteiger partial charge on any atom is -0.478 e. The standard InChI is InChI=1S/C10H10FNO4S/c1-2-5-17(15,16)12-7-3-4-8(10(13)14)9(11)6-7/h2-4,6,12H,1,5H2,(H,13,14). The van der Waals surface area contributed by atoms with Crippen LogP contribution in [0.5, 0.6) is 0 Å². The topological polar surface area (TPSA) is 83.5 Å². The quantitative estimate of drug-likeness (QED) is 0.784. The second-order valence-electron chi connectivity index (χ2n) is 3.17. The van der Waals surface area contributed by atoms with E-state index in [-0.39, 0.29) is 11.4 Å². The number of anilines is 1. The Balaban J connectivity index is 2.99. The molecule has 0 aromatic heterocycles. The number of carbonyl (C=O) groups is 1. The van der Waals surface area contributed by atoms with Crippen molar-refractivity contribution in [3.8, 4) is 0 Å². The zero-order valence-electron chi connectivity index (χ0n) is 8.68. The number of rotatable bonds is 5. The largest absolute Gasteiger partial charge is 0.478 e. The highest BCUT2D eigenvalue weighted by molar-refractivity contribution is 7.92. The molecule has 0 aliphatic rings. The lowest BCUT2D eigenvalue weighted by molar-refractivity contribution is 0.0692. The third-order valence-corrected chi connectivity index (χ3v) is 3.03. The van der Waals surface area contributed by atoms with E-state index >= 15 is 0 Å². The molecule has 0 amide bonds. The van der Waals surface area contributed by atoms with Gasteiger partial charge in [0.2, 0.25) is 10.0 Å². The molecule has 0 spiro atoms. The van der Waals surface area contributed by atoms with Crippen LogP contribution in [0.1, 0.15) is 10.4 Å². The summed E-state index contributed by atoms with van der Waals surface area (Å²) < 4.78 is 37.9. The number of halogens is 1. The average molecular weight is 259 g/mol. The van der Waals surface area contributed by atoms with E-state index in [0.717, 1.165) is 12.1 Å². The first kappa shape index (κ1) is 13.2. The molecule has 1 rings (SSSR count). The molecule has 1 aromatic carbocycles. The summed E-state index contributed by atoms with van der Waals surface area (Å²) in [7, 11) is -3.62. The molecule has 0 fully saturated rings. The summed E-state index contributed by atoms with van der Waals surface area (Å²) in [4.78, 5) is 10.5. The number of hydrogen-bond acceptors (Lipinski definition) is 3. The van der Waals surface area contributed by atoms with Gasteiger partial charge in [-0.05, 0) is 18.2 Å². The van der Waals surface area contributed by atoms with Gasteiger partial charge in [0, 0.05) is 0 Å². The van der Waals surface area contributed by atoms with Gasteiger partial charge in [-0.3, -0.25) is 4.72 Å². The summed E-state index contributed by atoms with van der Waals surface area (Å²) in [5, 5.41) is 8.58. The van der Waals surface area contributed by atoms with E-state index in [1.807, 2.05) is 0 Å². The van der Waals surface area contributed by atoms with Crippen molar-refractivity contribution >= 4 is 21.7 Å². The second kappa shape index (κ2) is 4.96. The van der Waals surface area contributed by atoms with Gasteiger partial charge in [0.25, 0.3) is 0 Å². The molecule has 0 radical (unpaired) electrons. The molecule has 0 aliphatic carbocycles. The van der Waals surface area contributed by atoms with Gasteiger partial charge in [-0.25, -0.2) is 17.6 Å². The molecule has 92 valence electrons. The maximum Gasteiger partial charge on any atom is 0.338 e. The third-order valence-electron chi connectivity index (χ3n) is 1.81. The van der Waals surface area contributed by atoms with Gasteiger partial charge in [-0.2, -0.15) is 0 Å². The lowest BCUT2D eigenvalue weighted by atomic mass is 10.2. The van der Waals surface area contributed by atoms with Gasteiger partial charge >= 0.3 is 5.97 Å². The maximum absolute atomic E-state index is 13.2. The zero-order chi connectivity index (χ0) is 13.1. The molecule has 5 nitrogen and oxygen atoms in total. The van der Waals surface area contributed by atoms with Crippen LogP contribution in [0.2, 0.25) is 0 Å². The fourth-order valence-electron chi connectivity index (χ4n) is 1.13. The zero-order valence-corrected chi connectivity index (χ0v) is 9.50. The van der Waals surface area contributed by atoms with Crippen molar-refractivity contribution in [2.45, 2.75) is 0 Å². The van der Waals surface area contributed by atoms with Gasteiger partial charge in [0.05, 0.1) is 17.0 Å². The molecular weight excluding hydrogens is 249 g/mol. The Morgan fingerprint density at radius 2 is 2.18 bits per heavy atom. The van der Waals surface area contributed by atoms with Gasteiger partial charge < -0.3 is 5.11 Å². The summed E-state index contributed by atoms with van der Waals surface area (Å²) in [6.45, 7) is 3.27. The van der Waals surface area contributed by atoms with Crippen LogP contribution in [0, 0.1) is 5.82 Å². The Morgan fingerprint density at radius 3 is 2.65 bits per heavy atom. The lowest BCUT2D eigenvalue weighted by Gasteiger charge is -2.06. The SMILES string of the molecule is C=CCS(=O)(=O)Nc1ccc(C(=O)O)c(F)c1. The molecular formula is C10H10FNO4S. The van der Waals surface area contributed by atoms with Crippen LogP contribution >= 0.6 is 0 Å². The van der Waals surface area contributed by atoms with Crippen LogP contribution in [0.4, 0.5) is 10.1 Å². The van der Waals surface area contributed by atoms with Gasteiger partial charge in [0.15, 0.2) is 0 Å². The van der Waals surface area contributed by atoms with E-state index in [4.69, 9.17) is 5.11 Å². The molecule has 1 aromatic rings. The highest BCUT2D eigenvalue weighted by Gasteiger charge is 2.13. The van der Waals surface area contributed by atoms with E-state index < -0.39 is 27.4 Å². The first-order valence-corrected chi connectivity index (χ1v) is 6.15.